The molecule has 0 saturated heterocycles. The van der Waals surface area contributed by atoms with Gasteiger partial charge in [-0.2, -0.15) is 5.10 Å². The first-order valence-corrected chi connectivity index (χ1v) is 10.1. The second-order valence-electron chi connectivity index (χ2n) is 6.83. The Bertz CT molecular complexity index is 1130. The number of thiazole rings is 1. The number of rotatable bonds is 6. The van der Waals surface area contributed by atoms with Gasteiger partial charge in [-0.15, -0.1) is 11.3 Å². The van der Waals surface area contributed by atoms with Crippen molar-refractivity contribution in [1.29, 1.82) is 0 Å². The van der Waals surface area contributed by atoms with Crippen molar-refractivity contribution in [3.63, 3.8) is 0 Å². The lowest BCUT2D eigenvalue weighted by molar-refractivity contribution is 0.0952. The topological polar surface area (TPSA) is 85.6 Å². The number of carbonyl (C=O) groups is 1. The molecule has 140 valence electrons. The molecule has 0 spiro atoms. The molecule has 3 heterocycles. The van der Waals surface area contributed by atoms with Crippen molar-refractivity contribution in [2.24, 2.45) is 0 Å². The van der Waals surface area contributed by atoms with Crippen LogP contribution in [0.1, 0.15) is 34.8 Å². The van der Waals surface area contributed by atoms with Crippen molar-refractivity contribution in [2.75, 3.05) is 6.54 Å². The van der Waals surface area contributed by atoms with Crippen molar-refractivity contribution >= 4 is 27.5 Å². The molecule has 1 aliphatic carbocycles. The van der Waals surface area contributed by atoms with Crippen molar-refractivity contribution in [2.45, 2.75) is 25.3 Å². The Hall–Kier alpha value is -3.13. The van der Waals surface area contributed by atoms with Gasteiger partial charge in [0, 0.05) is 36.1 Å². The highest BCUT2D eigenvalue weighted by Gasteiger charge is 2.28. The van der Waals surface area contributed by atoms with Crippen LogP contribution in [0.15, 0.2) is 48.4 Å². The van der Waals surface area contributed by atoms with Crippen LogP contribution in [0.2, 0.25) is 0 Å². The van der Waals surface area contributed by atoms with Crippen molar-refractivity contribution in [1.82, 2.24) is 30.0 Å². The van der Waals surface area contributed by atoms with Gasteiger partial charge in [-0.3, -0.25) is 19.4 Å². The third-order valence-corrected chi connectivity index (χ3v) is 5.63. The van der Waals surface area contributed by atoms with Crippen LogP contribution in [-0.2, 0) is 6.54 Å². The fourth-order valence-corrected chi connectivity index (χ4v) is 3.96. The zero-order chi connectivity index (χ0) is 18.9. The monoisotopic (exact) mass is 390 g/mol. The fourth-order valence-electron chi connectivity index (χ4n) is 3.25. The van der Waals surface area contributed by atoms with E-state index in [-0.39, 0.29) is 5.91 Å². The van der Waals surface area contributed by atoms with Crippen molar-refractivity contribution in [3.05, 3.63) is 59.6 Å². The highest BCUT2D eigenvalue weighted by Crippen LogP contribution is 2.41. The second-order valence-corrected chi connectivity index (χ2v) is 7.72. The maximum atomic E-state index is 12.5. The van der Waals surface area contributed by atoms with E-state index in [1.54, 1.807) is 24.1 Å². The molecule has 8 heteroatoms. The van der Waals surface area contributed by atoms with Gasteiger partial charge in [0.15, 0.2) is 0 Å². The molecule has 0 bridgehead atoms. The maximum absolute atomic E-state index is 12.5. The van der Waals surface area contributed by atoms with Gasteiger partial charge in [-0.1, -0.05) is 0 Å². The van der Waals surface area contributed by atoms with Gasteiger partial charge in [-0.05, 0) is 37.1 Å². The van der Waals surface area contributed by atoms with E-state index >= 15 is 0 Å². The van der Waals surface area contributed by atoms with E-state index in [2.05, 4.69) is 26.3 Å². The van der Waals surface area contributed by atoms with E-state index in [1.165, 1.54) is 29.9 Å². The smallest absolute Gasteiger partial charge is 0.251 e. The maximum Gasteiger partial charge on any atom is 0.251 e. The Morgan fingerprint density at radius 2 is 2.11 bits per heavy atom. The molecule has 0 unspecified atom stereocenters. The minimum Gasteiger partial charge on any atom is -0.350 e. The molecule has 1 N–H and O–H groups in total. The average molecular weight is 390 g/mol. The Morgan fingerprint density at radius 3 is 2.93 bits per heavy atom. The number of fused-ring (bicyclic) bond motifs is 1. The standard InChI is InChI=1S/C20H18N6OS/c27-20(14-3-4-15-19(9-14)28-12-24-15)23-7-8-26-18(13-1-2-13)10-16(25-26)17-11-21-5-6-22-17/h3-6,9-13H,1-2,7-8H2,(H,23,27). The summed E-state index contributed by atoms with van der Waals surface area (Å²) in [6, 6.07) is 7.68. The summed E-state index contributed by atoms with van der Waals surface area (Å²) in [6.45, 7) is 1.14. The summed E-state index contributed by atoms with van der Waals surface area (Å²) < 4.78 is 3.01. The zero-order valence-electron chi connectivity index (χ0n) is 15.1. The lowest BCUT2D eigenvalue weighted by Gasteiger charge is -2.08. The van der Waals surface area contributed by atoms with Crippen LogP contribution < -0.4 is 5.32 Å². The summed E-state index contributed by atoms with van der Waals surface area (Å²) in [7, 11) is 0. The SMILES string of the molecule is O=C(NCCn1nc(-c2cnccn2)cc1C1CC1)c1ccc2ncsc2c1. The molecule has 3 aromatic heterocycles. The molecule has 0 radical (unpaired) electrons. The highest BCUT2D eigenvalue weighted by atomic mass is 32.1. The van der Waals surface area contributed by atoms with Crippen LogP contribution >= 0.6 is 11.3 Å². The average Bonchev–Trinajstić information content (AvgIpc) is 3.31. The van der Waals surface area contributed by atoms with Crippen LogP contribution in [-0.4, -0.2) is 37.2 Å². The number of hydrogen-bond acceptors (Lipinski definition) is 6. The van der Waals surface area contributed by atoms with E-state index < -0.39 is 0 Å². The van der Waals surface area contributed by atoms with Gasteiger partial charge in [0.05, 0.1) is 28.5 Å². The second kappa shape index (κ2) is 7.12. The quantitative estimate of drug-likeness (QED) is 0.546. The number of nitrogens with one attached hydrogen (secondary N) is 1. The third-order valence-electron chi connectivity index (χ3n) is 4.83. The molecule has 0 aliphatic heterocycles. The summed E-state index contributed by atoms with van der Waals surface area (Å²) in [5.41, 5.74) is 6.17. The zero-order valence-corrected chi connectivity index (χ0v) is 15.9. The van der Waals surface area contributed by atoms with E-state index in [0.717, 1.165) is 21.6 Å². The van der Waals surface area contributed by atoms with E-state index in [0.29, 0.717) is 24.6 Å². The number of aromatic nitrogens is 5. The van der Waals surface area contributed by atoms with E-state index in [4.69, 9.17) is 5.10 Å². The van der Waals surface area contributed by atoms with Gasteiger partial charge >= 0.3 is 0 Å². The van der Waals surface area contributed by atoms with Crippen LogP contribution in [0.4, 0.5) is 0 Å². The summed E-state index contributed by atoms with van der Waals surface area (Å²) in [5.74, 6) is 0.479. The lowest BCUT2D eigenvalue weighted by atomic mass is 10.2. The molecule has 7 nitrogen and oxygen atoms in total. The molecule has 1 fully saturated rings. The van der Waals surface area contributed by atoms with Crippen LogP contribution in [0.5, 0.6) is 0 Å². The first kappa shape index (κ1) is 17.0. The summed E-state index contributed by atoms with van der Waals surface area (Å²) in [4.78, 5) is 25.2. The molecular formula is C20H18N6OS. The molecule has 1 saturated carbocycles. The van der Waals surface area contributed by atoms with Crippen LogP contribution in [0, 0.1) is 0 Å². The summed E-state index contributed by atoms with van der Waals surface area (Å²) >= 11 is 1.54. The van der Waals surface area contributed by atoms with Gasteiger partial charge in [0.2, 0.25) is 0 Å². The van der Waals surface area contributed by atoms with Gasteiger partial charge in [0.25, 0.3) is 5.91 Å². The Morgan fingerprint density at radius 1 is 1.18 bits per heavy atom. The Kier molecular flexibility index (Phi) is 4.32. The highest BCUT2D eigenvalue weighted by molar-refractivity contribution is 7.16. The first-order chi connectivity index (χ1) is 13.8. The predicted octanol–water partition coefficient (Wildman–Crippen LogP) is 3.26. The summed E-state index contributed by atoms with van der Waals surface area (Å²) in [6.07, 6.45) is 7.42. The number of nitrogens with zero attached hydrogens (tertiary/aromatic N) is 5. The third kappa shape index (κ3) is 3.38. The molecule has 28 heavy (non-hydrogen) atoms. The lowest BCUT2D eigenvalue weighted by Crippen LogP contribution is -2.27. The van der Waals surface area contributed by atoms with Crippen molar-refractivity contribution in [3.8, 4) is 11.4 Å². The Labute approximate surface area is 165 Å². The predicted molar refractivity (Wildman–Crippen MR) is 107 cm³/mol. The molecule has 4 aromatic rings. The molecule has 5 rings (SSSR count). The summed E-state index contributed by atoms with van der Waals surface area (Å²) in [5, 5.41) is 7.70. The largest absolute Gasteiger partial charge is 0.350 e. The molecular weight excluding hydrogens is 372 g/mol. The normalized spacial score (nSPS) is 13.7. The fraction of sp³-hybridized carbons (Fsp3) is 0.250. The van der Waals surface area contributed by atoms with E-state index in [9.17, 15) is 4.79 Å². The number of hydrogen-bond donors (Lipinski definition) is 1. The molecule has 1 aromatic carbocycles. The van der Waals surface area contributed by atoms with Gasteiger partial charge in [0.1, 0.15) is 11.4 Å². The van der Waals surface area contributed by atoms with Crippen LogP contribution in [0.3, 0.4) is 0 Å². The minimum atomic E-state index is -0.0791. The van der Waals surface area contributed by atoms with Crippen LogP contribution in [0.25, 0.3) is 21.6 Å². The number of carbonyl (C=O) groups excluding carboxylic acids is 1. The molecule has 0 atom stereocenters. The molecule has 1 amide bonds. The minimum absolute atomic E-state index is 0.0791. The Balaban J connectivity index is 1.28. The van der Waals surface area contributed by atoms with Crippen molar-refractivity contribution < 1.29 is 4.79 Å². The molecule has 1 aliphatic rings. The first-order valence-electron chi connectivity index (χ1n) is 9.23. The number of amides is 1. The van der Waals surface area contributed by atoms with E-state index in [1.807, 2.05) is 22.9 Å². The number of benzene rings is 1. The van der Waals surface area contributed by atoms with Gasteiger partial charge < -0.3 is 5.32 Å². The van der Waals surface area contributed by atoms with Gasteiger partial charge in [-0.25, -0.2) is 4.98 Å².